The van der Waals surface area contributed by atoms with Crippen molar-refractivity contribution in [1.29, 1.82) is 0 Å². The number of carbonyl (C=O) groups excluding carboxylic acids is 1. The molecule has 1 saturated carbocycles. The third kappa shape index (κ3) is 2.99. The highest BCUT2D eigenvalue weighted by molar-refractivity contribution is 5.99. The minimum Gasteiger partial charge on any atom is -0.383 e. The Morgan fingerprint density at radius 2 is 2.14 bits per heavy atom. The van der Waals surface area contributed by atoms with Gasteiger partial charge in [0.2, 0.25) is 0 Å². The number of nitrogens with two attached hydrogens (primary N) is 1. The summed E-state index contributed by atoms with van der Waals surface area (Å²) in [5.41, 5.74) is 6.46. The topological polar surface area (TPSA) is 59.2 Å². The Hall–Kier alpha value is -2.10. The van der Waals surface area contributed by atoms with E-state index >= 15 is 0 Å². The molecule has 0 atom stereocenters. The lowest BCUT2D eigenvalue weighted by atomic mass is 10.1. The lowest BCUT2D eigenvalue weighted by Crippen LogP contribution is -2.34. The molecule has 0 bridgehead atoms. The van der Waals surface area contributed by atoms with E-state index in [1.165, 1.54) is 12.8 Å². The Bertz CT molecular complexity index is 664. The number of benzene rings is 1. The molecule has 2 aromatic rings. The largest absolute Gasteiger partial charge is 0.383 e. The van der Waals surface area contributed by atoms with Crippen molar-refractivity contribution < 1.29 is 4.79 Å². The van der Waals surface area contributed by atoms with Crippen LogP contribution in [0, 0.1) is 5.92 Å². The number of amides is 1. The van der Waals surface area contributed by atoms with E-state index in [-0.39, 0.29) is 5.91 Å². The number of carbonyl (C=O) groups is 1. The molecule has 0 aliphatic heterocycles. The van der Waals surface area contributed by atoms with E-state index in [1.807, 2.05) is 35.2 Å². The van der Waals surface area contributed by atoms with Crippen LogP contribution in [0.3, 0.4) is 0 Å². The van der Waals surface area contributed by atoms with Gasteiger partial charge in [-0.15, -0.1) is 0 Å². The number of anilines is 1. The predicted octanol–water partition coefficient (Wildman–Crippen LogP) is 3.08. The van der Waals surface area contributed by atoms with E-state index in [0.717, 1.165) is 30.3 Å². The molecule has 21 heavy (non-hydrogen) atoms. The molecule has 1 aliphatic carbocycles. The van der Waals surface area contributed by atoms with Crippen molar-refractivity contribution in [3.8, 4) is 0 Å². The van der Waals surface area contributed by atoms with E-state index < -0.39 is 0 Å². The van der Waals surface area contributed by atoms with Gasteiger partial charge in [-0.2, -0.15) is 0 Å². The summed E-state index contributed by atoms with van der Waals surface area (Å²) >= 11 is 0. The van der Waals surface area contributed by atoms with Gasteiger partial charge in [0.1, 0.15) is 11.5 Å². The Morgan fingerprint density at radius 1 is 1.38 bits per heavy atom. The van der Waals surface area contributed by atoms with Crippen LogP contribution in [-0.2, 0) is 0 Å². The zero-order valence-electron chi connectivity index (χ0n) is 12.4. The lowest BCUT2D eigenvalue weighted by molar-refractivity contribution is 0.0742. The molecule has 1 aromatic carbocycles. The van der Waals surface area contributed by atoms with Gasteiger partial charge in [-0.3, -0.25) is 4.79 Å². The number of nitrogens with zero attached hydrogens (tertiary/aromatic N) is 2. The summed E-state index contributed by atoms with van der Waals surface area (Å²) in [7, 11) is 0. The van der Waals surface area contributed by atoms with Crippen molar-refractivity contribution in [3.05, 3.63) is 36.0 Å². The fraction of sp³-hybridized carbons (Fsp3) is 0.412. The molecule has 0 spiro atoms. The second-order valence-electron chi connectivity index (χ2n) is 5.81. The summed E-state index contributed by atoms with van der Waals surface area (Å²) in [5, 5.41) is 1.87. The second-order valence-corrected chi connectivity index (χ2v) is 5.81. The highest BCUT2D eigenvalue weighted by Crippen LogP contribution is 2.30. The minimum atomic E-state index is 0.00111. The molecule has 1 aromatic heterocycles. The van der Waals surface area contributed by atoms with Crippen LogP contribution in [0.1, 0.15) is 36.7 Å². The fourth-order valence-electron chi connectivity index (χ4n) is 2.66. The monoisotopic (exact) mass is 283 g/mol. The molecule has 1 aliphatic rings. The summed E-state index contributed by atoms with van der Waals surface area (Å²) in [4.78, 5) is 18.9. The third-order valence-corrected chi connectivity index (χ3v) is 3.95. The quantitative estimate of drug-likeness (QED) is 0.917. The van der Waals surface area contributed by atoms with Crippen LogP contribution in [0.4, 0.5) is 5.82 Å². The van der Waals surface area contributed by atoms with Crippen LogP contribution in [0.25, 0.3) is 10.8 Å². The average molecular weight is 283 g/mol. The number of fused-ring (bicyclic) bond motifs is 1. The SMILES string of the molecule is CCCN(CC1CC1)C(=O)c1cc2ccccc2c(N)n1. The number of aromatic nitrogens is 1. The molecule has 4 nitrogen and oxygen atoms in total. The number of rotatable bonds is 5. The molecule has 1 amide bonds. The van der Waals surface area contributed by atoms with Gasteiger partial charge in [0, 0.05) is 18.5 Å². The van der Waals surface area contributed by atoms with Gasteiger partial charge in [0.25, 0.3) is 5.91 Å². The summed E-state index contributed by atoms with van der Waals surface area (Å²) < 4.78 is 0. The smallest absolute Gasteiger partial charge is 0.272 e. The van der Waals surface area contributed by atoms with E-state index in [1.54, 1.807) is 0 Å². The molecule has 0 saturated heterocycles. The first-order valence-corrected chi connectivity index (χ1v) is 7.63. The van der Waals surface area contributed by atoms with E-state index in [9.17, 15) is 4.79 Å². The zero-order valence-corrected chi connectivity index (χ0v) is 12.4. The normalized spacial score (nSPS) is 14.3. The molecular formula is C17H21N3O. The van der Waals surface area contributed by atoms with E-state index in [2.05, 4.69) is 11.9 Å². The van der Waals surface area contributed by atoms with Crippen molar-refractivity contribution in [1.82, 2.24) is 9.88 Å². The van der Waals surface area contributed by atoms with Gasteiger partial charge in [0.05, 0.1) is 0 Å². The van der Waals surface area contributed by atoms with Crippen molar-refractivity contribution in [2.45, 2.75) is 26.2 Å². The Morgan fingerprint density at radius 3 is 2.86 bits per heavy atom. The summed E-state index contributed by atoms with van der Waals surface area (Å²) in [6.45, 7) is 3.72. The van der Waals surface area contributed by atoms with Crippen LogP contribution < -0.4 is 5.73 Å². The number of hydrogen-bond acceptors (Lipinski definition) is 3. The molecule has 1 fully saturated rings. The Kier molecular flexibility index (Phi) is 3.78. The van der Waals surface area contributed by atoms with Gasteiger partial charge < -0.3 is 10.6 Å². The molecular weight excluding hydrogens is 262 g/mol. The maximum absolute atomic E-state index is 12.7. The van der Waals surface area contributed by atoms with Gasteiger partial charge in [-0.25, -0.2) is 4.98 Å². The summed E-state index contributed by atoms with van der Waals surface area (Å²) in [5.74, 6) is 1.11. The van der Waals surface area contributed by atoms with E-state index in [4.69, 9.17) is 5.73 Å². The number of hydrogen-bond donors (Lipinski definition) is 1. The molecule has 3 rings (SSSR count). The van der Waals surface area contributed by atoms with Crippen LogP contribution >= 0.6 is 0 Å². The molecule has 0 unspecified atom stereocenters. The van der Waals surface area contributed by atoms with E-state index in [0.29, 0.717) is 17.4 Å². The lowest BCUT2D eigenvalue weighted by Gasteiger charge is -2.22. The fourth-order valence-corrected chi connectivity index (χ4v) is 2.66. The van der Waals surface area contributed by atoms with Gasteiger partial charge >= 0.3 is 0 Å². The third-order valence-electron chi connectivity index (χ3n) is 3.95. The highest BCUT2D eigenvalue weighted by atomic mass is 16.2. The molecule has 110 valence electrons. The van der Waals surface area contributed by atoms with Crippen LogP contribution in [0.5, 0.6) is 0 Å². The first-order valence-electron chi connectivity index (χ1n) is 7.63. The van der Waals surface area contributed by atoms with Gasteiger partial charge in [0.15, 0.2) is 0 Å². The van der Waals surface area contributed by atoms with Gasteiger partial charge in [-0.05, 0) is 36.6 Å². The average Bonchev–Trinajstić information content (AvgIpc) is 3.30. The molecule has 0 radical (unpaired) electrons. The minimum absolute atomic E-state index is 0.00111. The molecule has 4 heteroatoms. The Balaban J connectivity index is 1.91. The van der Waals surface area contributed by atoms with Crippen LogP contribution in [0.15, 0.2) is 30.3 Å². The van der Waals surface area contributed by atoms with Crippen LogP contribution in [0.2, 0.25) is 0 Å². The van der Waals surface area contributed by atoms with Gasteiger partial charge in [-0.1, -0.05) is 31.2 Å². The standard InChI is InChI=1S/C17H21N3O/c1-2-9-20(11-12-7-8-12)17(21)15-10-13-5-3-4-6-14(13)16(18)19-15/h3-6,10,12H,2,7-9,11H2,1H3,(H2,18,19). The second kappa shape index (κ2) is 5.72. The van der Waals surface area contributed by atoms with Crippen molar-refractivity contribution in [2.24, 2.45) is 5.92 Å². The number of nitrogen functional groups attached to an aromatic ring is 1. The predicted molar refractivity (Wildman–Crippen MR) is 85.1 cm³/mol. The zero-order chi connectivity index (χ0) is 14.8. The van der Waals surface area contributed by atoms with Crippen LogP contribution in [-0.4, -0.2) is 28.9 Å². The maximum Gasteiger partial charge on any atom is 0.272 e. The Labute approximate surface area is 125 Å². The van der Waals surface area contributed by atoms with Crippen molar-refractivity contribution >= 4 is 22.5 Å². The maximum atomic E-state index is 12.7. The molecule has 1 heterocycles. The van der Waals surface area contributed by atoms with Crippen molar-refractivity contribution in [3.63, 3.8) is 0 Å². The first-order chi connectivity index (χ1) is 10.2. The number of pyridine rings is 1. The highest BCUT2D eigenvalue weighted by Gasteiger charge is 2.27. The molecule has 2 N–H and O–H groups in total. The summed E-state index contributed by atoms with van der Waals surface area (Å²) in [6, 6.07) is 9.63. The first kappa shape index (κ1) is 13.9. The van der Waals surface area contributed by atoms with Crippen molar-refractivity contribution in [2.75, 3.05) is 18.8 Å². The summed E-state index contributed by atoms with van der Waals surface area (Å²) in [6.07, 6.45) is 3.43.